The Hall–Kier alpha value is -5.35. The molecule has 2 atom stereocenters. The number of aromatic nitrogens is 4. The maximum Gasteiger partial charge on any atom is 0.345 e. The first-order valence-corrected chi connectivity index (χ1v) is 27.4. The van der Waals surface area contributed by atoms with Gasteiger partial charge in [0.1, 0.15) is 59.3 Å². The normalized spacial score (nSPS) is 20.3. The fourth-order valence-electron chi connectivity index (χ4n) is 9.93. The van der Waals surface area contributed by atoms with Gasteiger partial charge in [-0.05, 0) is 105 Å². The number of hydrogen-bond acceptors (Lipinski definition) is 16. The highest BCUT2D eigenvalue weighted by Gasteiger charge is 2.37. The Morgan fingerprint density at radius 1 is 0.883 bits per heavy atom. The number of likely N-dealkylation sites (N-methyl/N-ethyl adjacent to an activating group) is 1. The lowest BCUT2D eigenvalue weighted by molar-refractivity contribution is -0.145. The zero-order chi connectivity index (χ0) is 54.1. The number of hydrogen-bond donors (Lipinski definition) is 1. The van der Waals surface area contributed by atoms with Gasteiger partial charge in [-0.25, -0.2) is 33.5 Å². The number of thiophene rings is 1. The Labute approximate surface area is 460 Å². The van der Waals surface area contributed by atoms with E-state index in [0.29, 0.717) is 143 Å². The number of aliphatic carboxylic acids is 1. The number of nitrogens with zero attached hydrogens (tertiary/aromatic N) is 6. The monoisotopic (exact) mass is 1120 g/mol. The summed E-state index contributed by atoms with van der Waals surface area (Å²) in [5, 5.41) is 12.0. The van der Waals surface area contributed by atoms with Gasteiger partial charge in [0.2, 0.25) is 12.0 Å². The second-order valence-electron chi connectivity index (χ2n) is 19.7. The third-order valence-electron chi connectivity index (χ3n) is 14.3. The molecule has 2 fully saturated rings. The van der Waals surface area contributed by atoms with Gasteiger partial charge in [-0.15, -0.1) is 11.3 Å². The predicted octanol–water partition coefficient (Wildman–Crippen LogP) is 9.98. The van der Waals surface area contributed by atoms with Gasteiger partial charge in [0.25, 0.3) is 0 Å². The number of carboxylic acid groups (broad SMARTS) is 1. The number of halogens is 4. The molecule has 4 bridgehead atoms. The molecule has 1 saturated heterocycles. The molecule has 1 saturated carbocycles. The highest BCUT2D eigenvalue weighted by molar-refractivity contribution is 7.22. The SMILES string of the molecule is COCCOCCOCCOCC1(F)CCC(c2nccc(COc3ccc4cc3C[C@H](C(=O)O)Oc3ncnc5sc(-c6ccc(F)cc6)c(c35)-c3c(C)c(Cl)c(c(Cl)c3C)O[C@H](CN3CCN(C)CC3)CO4)n2)CC1. The summed E-state index contributed by atoms with van der Waals surface area (Å²) < 4.78 is 78.3. The first kappa shape index (κ1) is 56.4. The molecular weight excluding hydrogens is 1060 g/mol. The number of carboxylic acids is 1. The summed E-state index contributed by atoms with van der Waals surface area (Å²) >= 11 is 16.0. The molecule has 0 unspecified atom stereocenters. The van der Waals surface area contributed by atoms with Gasteiger partial charge in [-0.1, -0.05) is 35.3 Å². The van der Waals surface area contributed by atoms with E-state index in [0.717, 1.165) is 26.2 Å². The van der Waals surface area contributed by atoms with Gasteiger partial charge in [0.05, 0.1) is 67.4 Å². The quantitative estimate of drug-likeness (QED) is 0.0760. The van der Waals surface area contributed by atoms with Crippen LogP contribution in [0.4, 0.5) is 8.78 Å². The van der Waals surface area contributed by atoms with E-state index in [4.69, 9.17) is 66.1 Å². The Bertz CT molecular complexity index is 2950. The topological polar surface area (TPSA) is 169 Å². The van der Waals surface area contributed by atoms with Crippen LogP contribution in [0.5, 0.6) is 23.1 Å². The summed E-state index contributed by atoms with van der Waals surface area (Å²) in [6, 6.07) is 13.1. The molecule has 16 nitrogen and oxygen atoms in total. The molecule has 3 aromatic carbocycles. The van der Waals surface area contributed by atoms with E-state index in [9.17, 15) is 14.3 Å². The number of carbonyl (C=O) groups is 1. The molecule has 3 aromatic heterocycles. The Balaban J connectivity index is 0.986. The minimum absolute atomic E-state index is 0.00897. The van der Waals surface area contributed by atoms with Crippen LogP contribution >= 0.6 is 34.5 Å². The molecule has 3 aliphatic heterocycles. The van der Waals surface area contributed by atoms with Crippen molar-refractivity contribution < 1.29 is 56.6 Å². The van der Waals surface area contributed by atoms with Crippen molar-refractivity contribution in [3.05, 3.63) is 105 Å². The molecule has 10 rings (SSSR count). The highest BCUT2D eigenvalue weighted by Crippen LogP contribution is 2.53. The predicted molar refractivity (Wildman–Crippen MR) is 290 cm³/mol. The molecule has 412 valence electrons. The summed E-state index contributed by atoms with van der Waals surface area (Å²) in [5.74, 6) is 0.00102. The molecule has 6 heterocycles. The third kappa shape index (κ3) is 13.9. The van der Waals surface area contributed by atoms with Gasteiger partial charge in [0, 0.05) is 74.4 Å². The lowest BCUT2D eigenvalue weighted by Gasteiger charge is -2.35. The van der Waals surface area contributed by atoms with Gasteiger partial charge in [0.15, 0.2) is 5.75 Å². The van der Waals surface area contributed by atoms with Crippen LogP contribution in [0.3, 0.4) is 0 Å². The van der Waals surface area contributed by atoms with Crippen molar-refractivity contribution in [2.24, 2.45) is 0 Å². The van der Waals surface area contributed by atoms with E-state index >= 15 is 4.39 Å². The van der Waals surface area contributed by atoms with Crippen LogP contribution in [0.2, 0.25) is 10.0 Å². The number of methoxy groups -OCH3 is 1. The standard InChI is InChI=1S/C56H64Cl2F2N6O10S/c1-34-45-35(2)49(58)50(48(34)57)75-42(29-66-19-17-65(3)18-20-66)31-73-41-9-10-43(38(27-41)28-44(55(67)68)76-53-47-46(45)51(77-54(47)63-33-62-53)36-5-7-39(59)8-6-36)74-30-40-13-16-61-52(64-40)37-11-14-56(60,15-12-37)32-72-26-25-71-24-23-70-22-21-69-4/h5-10,13,16,27,33,37,42,44H,11-12,14-15,17-26,28-32H2,1-4H3,(H,67,68)/t37?,42-,44-,56?/m1/s1. The summed E-state index contributed by atoms with van der Waals surface area (Å²) in [7, 11) is 3.71. The number of benzene rings is 3. The molecular formula is C56H64Cl2F2N6O10S. The molecule has 0 spiro atoms. The second kappa shape index (κ2) is 26.1. The molecule has 6 aromatic rings. The minimum Gasteiger partial charge on any atom is -0.490 e. The van der Waals surface area contributed by atoms with E-state index in [2.05, 4.69) is 31.8 Å². The van der Waals surface area contributed by atoms with E-state index in [1.807, 2.05) is 13.8 Å². The maximum absolute atomic E-state index is 15.9. The van der Waals surface area contributed by atoms with E-state index in [1.54, 1.807) is 49.7 Å². The minimum atomic E-state index is -1.50. The fraction of sp³-hybridized carbons (Fsp3) is 0.482. The molecule has 1 aliphatic carbocycles. The molecule has 0 amide bonds. The van der Waals surface area contributed by atoms with Gasteiger partial charge < -0.3 is 47.9 Å². The summed E-state index contributed by atoms with van der Waals surface area (Å²) in [6.07, 6.45) is 2.48. The average molecular weight is 1120 g/mol. The van der Waals surface area contributed by atoms with Crippen LogP contribution < -0.4 is 18.9 Å². The maximum atomic E-state index is 15.9. The van der Waals surface area contributed by atoms with Gasteiger partial charge >= 0.3 is 5.97 Å². The van der Waals surface area contributed by atoms with Crippen LogP contribution in [0.1, 0.15) is 59.8 Å². The number of ether oxygens (including phenoxy) is 8. The Morgan fingerprint density at radius 2 is 1.58 bits per heavy atom. The van der Waals surface area contributed by atoms with Crippen LogP contribution in [0.25, 0.3) is 31.8 Å². The number of alkyl halides is 1. The van der Waals surface area contributed by atoms with Crippen molar-refractivity contribution in [1.29, 1.82) is 0 Å². The van der Waals surface area contributed by atoms with Crippen LogP contribution in [-0.2, 0) is 36.8 Å². The van der Waals surface area contributed by atoms with Crippen molar-refractivity contribution >= 4 is 50.7 Å². The molecule has 77 heavy (non-hydrogen) atoms. The van der Waals surface area contributed by atoms with Gasteiger partial charge in [-0.2, -0.15) is 0 Å². The van der Waals surface area contributed by atoms with Crippen molar-refractivity contribution in [2.75, 3.05) is 99.7 Å². The number of fused-ring (bicyclic) bond motifs is 7. The largest absolute Gasteiger partial charge is 0.490 e. The van der Waals surface area contributed by atoms with Crippen molar-refractivity contribution in [1.82, 2.24) is 29.7 Å². The van der Waals surface area contributed by atoms with Crippen molar-refractivity contribution in [2.45, 2.75) is 76.4 Å². The number of rotatable bonds is 19. The van der Waals surface area contributed by atoms with Gasteiger partial charge in [-0.3, -0.25) is 4.90 Å². The van der Waals surface area contributed by atoms with Crippen LogP contribution in [0, 0.1) is 19.7 Å². The molecule has 1 N–H and O–H groups in total. The van der Waals surface area contributed by atoms with Crippen molar-refractivity contribution in [3.63, 3.8) is 0 Å². The van der Waals surface area contributed by atoms with E-state index in [-0.39, 0.29) is 54.7 Å². The zero-order valence-corrected chi connectivity index (χ0v) is 46.0. The average Bonchev–Trinajstić information content (AvgIpc) is 3.83. The first-order chi connectivity index (χ1) is 37.3. The summed E-state index contributed by atoms with van der Waals surface area (Å²) in [4.78, 5) is 37.9. The van der Waals surface area contributed by atoms with E-state index in [1.165, 1.54) is 29.8 Å². The summed E-state index contributed by atoms with van der Waals surface area (Å²) in [5.41, 5.74) is 2.81. The van der Waals surface area contributed by atoms with Crippen LogP contribution in [-0.4, -0.2) is 158 Å². The summed E-state index contributed by atoms with van der Waals surface area (Å²) in [6.45, 7) is 10.3. The van der Waals surface area contributed by atoms with Crippen LogP contribution in [0.15, 0.2) is 61.1 Å². The molecule has 0 radical (unpaired) electrons. The lowest BCUT2D eigenvalue weighted by atomic mass is 9.80. The molecule has 21 heteroatoms. The van der Waals surface area contributed by atoms with E-state index < -0.39 is 29.7 Å². The zero-order valence-electron chi connectivity index (χ0n) is 43.7. The van der Waals surface area contributed by atoms with Crippen molar-refractivity contribution in [3.8, 4) is 44.7 Å². The highest BCUT2D eigenvalue weighted by atomic mass is 35.5. The second-order valence-corrected chi connectivity index (χ2v) is 21.5. The number of piperazine rings is 1. The fourth-order valence-corrected chi connectivity index (χ4v) is 11.6. The Morgan fingerprint density at radius 3 is 2.29 bits per heavy atom. The smallest absolute Gasteiger partial charge is 0.345 e. The first-order valence-electron chi connectivity index (χ1n) is 25.9. The lowest BCUT2D eigenvalue weighted by Crippen LogP contribution is -2.49. The molecule has 4 aliphatic rings. The third-order valence-corrected chi connectivity index (χ3v) is 16.3. The Kier molecular flexibility index (Phi) is 19.1.